The Labute approximate surface area is 109 Å². The molecule has 0 bridgehead atoms. The minimum Gasteiger partial charge on any atom is -0.497 e. The zero-order valence-electron chi connectivity index (χ0n) is 11.8. The normalized spacial score (nSPS) is 12.6. The lowest BCUT2D eigenvalue weighted by atomic mass is 9.81. The van der Waals surface area contributed by atoms with Crippen molar-refractivity contribution in [2.75, 3.05) is 7.11 Å². The fourth-order valence-corrected chi connectivity index (χ4v) is 2.50. The molecule has 0 saturated carbocycles. The summed E-state index contributed by atoms with van der Waals surface area (Å²) in [6.07, 6.45) is 0.172. The maximum atomic E-state index is 11.0. The third kappa shape index (κ3) is 3.25. The highest BCUT2D eigenvalue weighted by Crippen LogP contribution is 2.34. The van der Waals surface area contributed by atoms with Gasteiger partial charge in [0.25, 0.3) is 0 Å². The molecule has 0 aliphatic rings. The molecule has 100 valence electrons. The maximum absolute atomic E-state index is 11.0. The van der Waals surface area contributed by atoms with Crippen LogP contribution in [0.15, 0.2) is 12.1 Å². The minimum atomic E-state index is -0.747. The Hall–Kier alpha value is -1.51. The van der Waals surface area contributed by atoms with Crippen LogP contribution in [0.5, 0.6) is 5.75 Å². The summed E-state index contributed by atoms with van der Waals surface area (Å²) in [6, 6.07) is 3.94. The standard InChI is InChI=1S/C15H22O3/c1-9(2)13(8-14(16)17)15-10(3)6-12(18-5)7-11(15)4/h6-7,9,13H,8H2,1-5H3,(H,16,17). The molecule has 1 N–H and O–H groups in total. The lowest BCUT2D eigenvalue weighted by Gasteiger charge is -2.24. The van der Waals surface area contributed by atoms with Crippen LogP contribution in [0.3, 0.4) is 0 Å². The monoisotopic (exact) mass is 250 g/mol. The highest BCUT2D eigenvalue weighted by molar-refractivity contribution is 5.68. The minimum absolute atomic E-state index is 0.0495. The first kappa shape index (κ1) is 14.6. The van der Waals surface area contributed by atoms with E-state index in [0.29, 0.717) is 5.92 Å². The first-order valence-corrected chi connectivity index (χ1v) is 6.23. The first-order chi connectivity index (χ1) is 8.36. The van der Waals surface area contributed by atoms with E-state index in [4.69, 9.17) is 9.84 Å². The van der Waals surface area contributed by atoms with Crippen molar-refractivity contribution in [1.29, 1.82) is 0 Å². The Morgan fingerprint density at radius 2 is 1.78 bits per heavy atom. The average molecular weight is 250 g/mol. The molecule has 1 aromatic carbocycles. The lowest BCUT2D eigenvalue weighted by Crippen LogP contribution is -2.14. The first-order valence-electron chi connectivity index (χ1n) is 6.23. The summed E-state index contributed by atoms with van der Waals surface area (Å²) in [6.45, 7) is 8.16. The van der Waals surface area contributed by atoms with Gasteiger partial charge in [0.1, 0.15) is 5.75 Å². The molecule has 1 aromatic rings. The second-order valence-corrected chi connectivity index (χ2v) is 5.12. The molecule has 0 radical (unpaired) electrons. The Morgan fingerprint density at radius 3 is 2.11 bits per heavy atom. The van der Waals surface area contributed by atoms with Gasteiger partial charge in [0, 0.05) is 0 Å². The SMILES string of the molecule is COc1cc(C)c(C(CC(=O)O)C(C)C)c(C)c1. The van der Waals surface area contributed by atoms with Crippen molar-refractivity contribution < 1.29 is 14.6 Å². The van der Waals surface area contributed by atoms with Gasteiger partial charge in [0.05, 0.1) is 13.5 Å². The number of aliphatic carboxylic acids is 1. The molecule has 0 aliphatic heterocycles. The Bertz CT molecular complexity index is 412. The number of carbonyl (C=O) groups is 1. The van der Waals surface area contributed by atoms with Gasteiger partial charge in [-0.05, 0) is 54.5 Å². The number of ether oxygens (including phenoxy) is 1. The topological polar surface area (TPSA) is 46.5 Å². The number of hydrogen-bond donors (Lipinski definition) is 1. The molecule has 0 fully saturated rings. The van der Waals surface area contributed by atoms with Crippen LogP contribution >= 0.6 is 0 Å². The summed E-state index contributed by atoms with van der Waals surface area (Å²) in [7, 11) is 1.64. The quantitative estimate of drug-likeness (QED) is 0.869. The number of rotatable bonds is 5. The van der Waals surface area contributed by atoms with Gasteiger partial charge in [-0.25, -0.2) is 0 Å². The van der Waals surface area contributed by atoms with Gasteiger partial charge in [-0.1, -0.05) is 13.8 Å². The Kier molecular flexibility index (Phi) is 4.76. The Balaban J connectivity index is 3.23. The van der Waals surface area contributed by atoms with Crippen LogP contribution < -0.4 is 4.74 Å². The van der Waals surface area contributed by atoms with Crippen molar-refractivity contribution in [3.05, 3.63) is 28.8 Å². The zero-order valence-corrected chi connectivity index (χ0v) is 11.8. The second kappa shape index (κ2) is 5.89. The average Bonchev–Trinajstić information content (AvgIpc) is 2.25. The zero-order chi connectivity index (χ0) is 13.9. The van der Waals surface area contributed by atoms with Crippen molar-refractivity contribution in [3.63, 3.8) is 0 Å². The molecule has 0 aliphatic carbocycles. The highest BCUT2D eigenvalue weighted by Gasteiger charge is 2.23. The van der Waals surface area contributed by atoms with E-state index in [1.165, 1.54) is 0 Å². The van der Waals surface area contributed by atoms with E-state index in [-0.39, 0.29) is 12.3 Å². The summed E-state index contributed by atoms with van der Waals surface area (Å²) in [4.78, 5) is 11.0. The van der Waals surface area contributed by atoms with Crippen LogP contribution in [0.1, 0.15) is 42.9 Å². The second-order valence-electron chi connectivity index (χ2n) is 5.12. The van der Waals surface area contributed by atoms with Gasteiger partial charge in [-0.3, -0.25) is 4.79 Å². The van der Waals surface area contributed by atoms with Crippen LogP contribution in [0, 0.1) is 19.8 Å². The molecule has 1 unspecified atom stereocenters. The number of hydrogen-bond acceptors (Lipinski definition) is 2. The number of carboxylic acid groups (broad SMARTS) is 1. The molecule has 0 aromatic heterocycles. The number of methoxy groups -OCH3 is 1. The lowest BCUT2D eigenvalue weighted by molar-refractivity contribution is -0.137. The molecule has 0 saturated heterocycles. The predicted octanol–water partition coefficient (Wildman–Crippen LogP) is 3.53. The van der Waals surface area contributed by atoms with Crippen molar-refractivity contribution in [1.82, 2.24) is 0 Å². The number of benzene rings is 1. The van der Waals surface area contributed by atoms with Gasteiger partial charge < -0.3 is 9.84 Å². The molecule has 0 amide bonds. The van der Waals surface area contributed by atoms with Crippen LogP contribution in [0.4, 0.5) is 0 Å². The summed E-state index contributed by atoms with van der Waals surface area (Å²) in [5.74, 6) is 0.426. The van der Waals surface area contributed by atoms with Crippen molar-refractivity contribution in [2.24, 2.45) is 5.92 Å². The summed E-state index contributed by atoms with van der Waals surface area (Å²) < 4.78 is 5.24. The van der Waals surface area contributed by atoms with Gasteiger partial charge in [-0.2, -0.15) is 0 Å². The van der Waals surface area contributed by atoms with E-state index in [2.05, 4.69) is 13.8 Å². The smallest absolute Gasteiger partial charge is 0.303 e. The fourth-order valence-electron chi connectivity index (χ4n) is 2.50. The molecule has 1 atom stereocenters. The van der Waals surface area contributed by atoms with E-state index >= 15 is 0 Å². The molecule has 18 heavy (non-hydrogen) atoms. The highest BCUT2D eigenvalue weighted by atomic mass is 16.5. The van der Waals surface area contributed by atoms with E-state index in [1.54, 1.807) is 7.11 Å². The van der Waals surface area contributed by atoms with E-state index in [9.17, 15) is 4.79 Å². The summed E-state index contributed by atoms with van der Waals surface area (Å²) in [5, 5.41) is 9.05. The van der Waals surface area contributed by atoms with Crippen LogP contribution in [0.2, 0.25) is 0 Å². The van der Waals surface area contributed by atoms with Crippen molar-refractivity contribution in [2.45, 2.75) is 40.0 Å². The molecular formula is C15H22O3. The van der Waals surface area contributed by atoms with Crippen LogP contribution in [0.25, 0.3) is 0 Å². The van der Waals surface area contributed by atoms with E-state index in [1.807, 2.05) is 26.0 Å². The molecular weight excluding hydrogens is 228 g/mol. The van der Waals surface area contributed by atoms with Gasteiger partial charge in [0.15, 0.2) is 0 Å². The fraction of sp³-hybridized carbons (Fsp3) is 0.533. The summed E-state index contributed by atoms with van der Waals surface area (Å²) >= 11 is 0. The molecule has 3 nitrogen and oxygen atoms in total. The molecule has 3 heteroatoms. The van der Waals surface area contributed by atoms with Gasteiger partial charge in [0.2, 0.25) is 0 Å². The van der Waals surface area contributed by atoms with E-state index in [0.717, 1.165) is 22.4 Å². The van der Waals surface area contributed by atoms with Gasteiger partial charge in [-0.15, -0.1) is 0 Å². The molecule has 1 rings (SSSR count). The molecule has 0 spiro atoms. The summed E-state index contributed by atoms with van der Waals surface area (Å²) in [5.41, 5.74) is 3.35. The number of aryl methyl sites for hydroxylation is 2. The third-order valence-electron chi connectivity index (χ3n) is 3.37. The maximum Gasteiger partial charge on any atom is 0.303 e. The van der Waals surface area contributed by atoms with E-state index < -0.39 is 5.97 Å². The van der Waals surface area contributed by atoms with Crippen LogP contribution in [-0.2, 0) is 4.79 Å². The van der Waals surface area contributed by atoms with Crippen molar-refractivity contribution in [3.8, 4) is 5.75 Å². The Morgan fingerprint density at radius 1 is 1.28 bits per heavy atom. The number of carboxylic acids is 1. The predicted molar refractivity (Wildman–Crippen MR) is 72.3 cm³/mol. The van der Waals surface area contributed by atoms with Crippen molar-refractivity contribution >= 4 is 5.97 Å². The largest absolute Gasteiger partial charge is 0.497 e. The van der Waals surface area contributed by atoms with Gasteiger partial charge >= 0.3 is 5.97 Å². The third-order valence-corrected chi connectivity index (χ3v) is 3.37. The van der Waals surface area contributed by atoms with Crippen LogP contribution in [-0.4, -0.2) is 18.2 Å². The molecule has 0 heterocycles.